The number of benzene rings is 1. The summed E-state index contributed by atoms with van der Waals surface area (Å²) in [5, 5.41) is 10.8. The molecule has 0 aromatic heterocycles. The van der Waals surface area contributed by atoms with E-state index in [1.54, 1.807) is 0 Å². The molecule has 2 rings (SSSR count). The van der Waals surface area contributed by atoms with Crippen molar-refractivity contribution in [1.29, 1.82) is 0 Å². The van der Waals surface area contributed by atoms with E-state index in [0.29, 0.717) is 5.92 Å². The van der Waals surface area contributed by atoms with Crippen molar-refractivity contribution in [2.75, 3.05) is 0 Å². The van der Waals surface area contributed by atoms with Crippen molar-refractivity contribution in [1.82, 2.24) is 0 Å². The van der Waals surface area contributed by atoms with Gasteiger partial charge in [-0.15, -0.1) is 0 Å². The van der Waals surface area contributed by atoms with Crippen LogP contribution in [0.15, 0.2) is 18.2 Å². The lowest BCUT2D eigenvalue weighted by Crippen LogP contribution is -2.07. The highest BCUT2D eigenvalue weighted by Crippen LogP contribution is 2.51. The maximum absolute atomic E-state index is 10.0. The molecule has 0 amide bonds. The summed E-state index contributed by atoms with van der Waals surface area (Å²) in [6.45, 7) is 4.02. The fourth-order valence-corrected chi connectivity index (χ4v) is 1.84. The molecule has 1 aromatic rings. The number of aliphatic hydroxyl groups is 1. The molecule has 0 spiro atoms. The van der Waals surface area contributed by atoms with Crippen molar-refractivity contribution in [2.24, 2.45) is 5.92 Å². The third kappa shape index (κ3) is 1.36. The van der Waals surface area contributed by atoms with Crippen LogP contribution in [0, 0.1) is 12.8 Å². The Morgan fingerprint density at radius 2 is 2.15 bits per heavy atom. The highest BCUT2D eigenvalue weighted by Gasteiger charge is 2.50. The lowest BCUT2D eigenvalue weighted by molar-refractivity contribution is 0.134. The first-order chi connectivity index (χ1) is 6.04. The van der Waals surface area contributed by atoms with Gasteiger partial charge < -0.3 is 5.11 Å². The van der Waals surface area contributed by atoms with E-state index in [-0.39, 0.29) is 0 Å². The van der Waals surface area contributed by atoms with Crippen LogP contribution in [-0.2, 0) is 5.60 Å². The minimum absolute atomic E-state index is 0.382. The predicted octanol–water partition coefficient (Wildman–Crippen LogP) is 2.88. The molecule has 0 aliphatic heterocycles. The summed E-state index contributed by atoms with van der Waals surface area (Å²) < 4.78 is 0. The molecule has 70 valence electrons. The third-order valence-corrected chi connectivity index (χ3v) is 3.35. The summed E-state index contributed by atoms with van der Waals surface area (Å²) >= 11 is 5.91. The van der Waals surface area contributed by atoms with Gasteiger partial charge in [0.05, 0.1) is 5.60 Å². The van der Waals surface area contributed by atoms with E-state index in [9.17, 15) is 5.11 Å². The number of hydrogen-bond acceptors (Lipinski definition) is 1. The molecule has 1 saturated carbocycles. The van der Waals surface area contributed by atoms with Crippen LogP contribution in [0.25, 0.3) is 0 Å². The Labute approximate surface area is 83.3 Å². The smallest absolute Gasteiger partial charge is 0.0926 e. The second kappa shape index (κ2) is 2.73. The topological polar surface area (TPSA) is 20.2 Å². The van der Waals surface area contributed by atoms with Gasteiger partial charge in [0.25, 0.3) is 0 Å². The normalized spacial score (nSPS) is 31.8. The highest BCUT2D eigenvalue weighted by atomic mass is 35.5. The van der Waals surface area contributed by atoms with Crippen LogP contribution in [0.1, 0.15) is 24.5 Å². The highest BCUT2D eigenvalue weighted by molar-refractivity contribution is 6.31. The molecule has 2 heteroatoms. The van der Waals surface area contributed by atoms with Crippen LogP contribution in [0.4, 0.5) is 0 Å². The molecule has 1 fully saturated rings. The SMILES string of the molecule is Cc1cc(C2(O)CC2C)ccc1Cl. The molecule has 1 N–H and O–H groups in total. The van der Waals surface area contributed by atoms with Gasteiger partial charge in [-0.25, -0.2) is 0 Å². The summed E-state index contributed by atoms with van der Waals surface area (Å²) in [5.74, 6) is 0.382. The summed E-state index contributed by atoms with van der Waals surface area (Å²) in [7, 11) is 0. The Kier molecular flexibility index (Phi) is 1.90. The van der Waals surface area contributed by atoms with Gasteiger partial charge in [0, 0.05) is 5.02 Å². The molecule has 0 saturated heterocycles. The van der Waals surface area contributed by atoms with E-state index in [2.05, 4.69) is 6.92 Å². The average Bonchev–Trinajstić information content (AvgIpc) is 2.67. The number of aryl methyl sites for hydroxylation is 1. The minimum atomic E-state index is -0.574. The zero-order chi connectivity index (χ0) is 9.64. The van der Waals surface area contributed by atoms with Crippen LogP contribution in [0.5, 0.6) is 0 Å². The maximum atomic E-state index is 10.0. The third-order valence-electron chi connectivity index (χ3n) is 2.93. The Balaban J connectivity index is 2.38. The Morgan fingerprint density at radius 1 is 1.54 bits per heavy atom. The summed E-state index contributed by atoms with van der Waals surface area (Å²) in [6, 6.07) is 5.75. The predicted molar refractivity (Wildman–Crippen MR) is 53.9 cm³/mol. The molecule has 1 aliphatic carbocycles. The largest absolute Gasteiger partial charge is 0.385 e. The van der Waals surface area contributed by atoms with Crippen LogP contribution in [0.2, 0.25) is 5.02 Å². The molecule has 0 radical (unpaired) electrons. The van der Waals surface area contributed by atoms with Gasteiger partial charge in [-0.1, -0.05) is 30.7 Å². The van der Waals surface area contributed by atoms with Crippen molar-refractivity contribution in [3.05, 3.63) is 34.3 Å². The Bertz CT molecular complexity index is 348. The Morgan fingerprint density at radius 3 is 2.62 bits per heavy atom. The van der Waals surface area contributed by atoms with Gasteiger partial charge in [0.15, 0.2) is 0 Å². The van der Waals surface area contributed by atoms with Gasteiger partial charge >= 0.3 is 0 Å². The van der Waals surface area contributed by atoms with Crippen molar-refractivity contribution in [3.8, 4) is 0 Å². The minimum Gasteiger partial charge on any atom is -0.385 e. The molecule has 1 aromatic carbocycles. The molecule has 13 heavy (non-hydrogen) atoms. The second-order valence-corrected chi connectivity index (χ2v) is 4.40. The fourth-order valence-electron chi connectivity index (χ4n) is 1.72. The zero-order valence-electron chi connectivity index (χ0n) is 7.84. The zero-order valence-corrected chi connectivity index (χ0v) is 8.60. The van der Waals surface area contributed by atoms with Crippen LogP contribution in [-0.4, -0.2) is 5.11 Å². The molecule has 2 atom stereocenters. The molecule has 0 bridgehead atoms. The standard InChI is InChI=1S/C11H13ClO/c1-7-5-9(3-4-10(7)12)11(13)6-8(11)2/h3-5,8,13H,6H2,1-2H3. The lowest BCUT2D eigenvalue weighted by Gasteiger charge is -2.10. The van der Waals surface area contributed by atoms with E-state index in [0.717, 1.165) is 22.6 Å². The van der Waals surface area contributed by atoms with Crippen molar-refractivity contribution < 1.29 is 5.11 Å². The monoisotopic (exact) mass is 196 g/mol. The molecular formula is C11H13ClO. The van der Waals surface area contributed by atoms with Gasteiger partial charge in [0.1, 0.15) is 0 Å². The van der Waals surface area contributed by atoms with E-state index >= 15 is 0 Å². The van der Waals surface area contributed by atoms with Crippen molar-refractivity contribution in [3.63, 3.8) is 0 Å². The van der Waals surface area contributed by atoms with Crippen molar-refractivity contribution >= 4 is 11.6 Å². The first kappa shape index (κ1) is 9.04. The fraction of sp³-hybridized carbons (Fsp3) is 0.455. The molecular weight excluding hydrogens is 184 g/mol. The summed E-state index contributed by atoms with van der Waals surface area (Å²) in [5.41, 5.74) is 1.46. The van der Waals surface area contributed by atoms with E-state index in [1.807, 2.05) is 25.1 Å². The maximum Gasteiger partial charge on any atom is 0.0926 e. The van der Waals surface area contributed by atoms with Gasteiger partial charge in [-0.2, -0.15) is 0 Å². The van der Waals surface area contributed by atoms with Gasteiger partial charge in [0.2, 0.25) is 0 Å². The first-order valence-electron chi connectivity index (χ1n) is 4.53. The van der Waals surface area contributed by atoms with E-state index in [1.165, 1.54) is 0 Å². The quantitative estimate of drug-likeness (QED) is 0.733. The number of halogens is 1. The summed E-state index contributed by atoms with van der Waals surface area (Å²) in [6.07, 6.45) is 0.869. The summed E-state index contributed by atoms with van der Waals surface area (Å²) in [4.78, 5) is 0. The van der Waals surface area contributed by atoms with Gasteiger partial charge in [-0.3, -0.25) is 0 Å². The number of hydrogen-bond donors (Lipinski definition) is 1. The van der Waals surface area contributed by atoms with Crippen LogP contribution >= 0.6 is 11.6 Å². The second-order valence-electron chi connectivity index (χ2n) is 3.99. The van der Waals surface area contributed by atoms with E-state index in [4.69, 9.17) is 11.6 Å². The molecule has 0 heterocycles. The lowest BCUT2D eigenvalue weighted by atomic mass is 10.0. The average molecular weight is 197 g/mol. The van der Waals surface area contributed by atoms with Crippen molar-refractivity contribution in [2.45, 2.75) is 25.9 Å². The van der Waals surface area contributed by atoms with E-state index < -0.39 is 5.60 Å². The van der Waals surface area contributed by atoms with Crippen LogP contribution < -0.4 is 0 Å². The molecule has 1 nitrogen and oxygen atoms in total. The number of rotatable bonds is 1. The first-order valence-corrected chi connectivity index (χ1v) is 4.91. The molecule has 2 unspecified atom stereocenters. The molecule has 1 aliphatic rings. The van der Waals surface area contributed by atoms with Crippen LogP contribution in [0.3, 0.4) is 0 Å². The Hall–Kier alpha value is -0.530. The van der Waals surface area contributed by atoms with Gasteiger partial charge in [-0.05, 0) is 36.5 Å².